The largest absolute Gasteiger partial charge is 0.516 e. The molecular weight excluding hydrogens is 227 g/mol. The minimum absolute atomic E-state index is 0.121. The van der Waals surface area contributed by atoms with Crippen LogP contribution in [0.3, 0.4) is 0 Å². The number of nitrogens with zero attached hydrogens (tertiary/aromatic N) is 2. The van der Waals surface area contributed by atoms with Crippen LogP contribution in [0.2, 0.25) is 0 Å². The first-order chi connectivity index (χ1) is 11.8. The van der Waals surface area contributed by atoms with Crippen molar-refractivity contribution in [2.24, 2.45) is 0 Å². The van der Waals surface area contributed by atoms with Gasteiger partial charge in [0.1, 0.15) is 0 Å². The number of hydrogen-bond acceptors (Lipinski definition) is 3. The first-order valence-electron chi connectivity index (χ1n) is 10.2. The third kappa shape index (κ3) is 2.21. The second-order valence-corrected chi connectivity index (χ2v) is 5.27. The average Bonchev–Trinajstić information content (AvgIpc) is 2.99. The van der Waals surface area contributed by atoms with E-state index < -0.39 is 44.4 Å². The summed E-state index contributed by atoms with van der Waals surface area (Å²) in [5, 5.41) is 0. The van der Waals surface area contributed by atoms with Crippen LogP contribution in [-0.4, -0.2) is 27.9 Å². The van der Waals surface area contributed by atoms with E-state index in [4.69, 9.17) is 21.6 Å². The molecule has 0 spiro atoms. The lowest BCUT2D eigenvalue weighted by Gasteiger charge is -2.32. The average molecular weight is 259 g/mol. The van der Waals surface area contributed by atoms with E-state index in [-0.39, 0.29) is 5.59 Å². The number of hydrogen-bond donors (Lipinski definition) is 0. The maximum atomic E-state index is 8.36. The minimum Gasteiger partial charge on any atom is -0.398 e. The van der Waals surface area contributed by atoms with Crippen molar-refractivity contribution in [2.45, 2.75) is 65.0 Å². The van der Waals surface area contributed by atoms with Gasteiger partial charge in [0.05, 0.1) is 24.5 Å². The van der Waals surface area contributed by atoms with Crippen molar-refractivity contribution >= 4 is 12.7 Å². The monoisotopic (exact) mass is 259 g/mol. The molecule has 2 rings (SSSR count). The van der Waals surface area contributed by atoms with E-state index in [0.717, 1.165) is 12.5 Å². The predicted octanol–water partition coefficient (Wildman–Crippen LogP) is 2.15. The van der Waals surface area contributed by atoms with Gasteiger partial charge in [-0.3, -0.25) is 0 Å². The van der Waals surface area contributed by atoms with Crippen LogP contribution in [0.5, 0.6) is 0 Å². The summed E-state index contributed by atoms with van der Waals surface area (Å²) in [6.45, 7) is 0.614. The Labute approximate surface area is 122 Å². The molecule has 0 amide bonds. The summed E-state index contributed by atoms with van der Waals surface area (Å²) in [7, 11) is -0.962. The van der Waals surface area contributed by atoms with Crippen molar-refractivity contribution in [3.63, 3.8) is 0 Å². The molecule has 0 N–H and O–H groups in total. The molecule has 0 aliphatic carbocycles. The molecule has 0 saturated carbocycles. The van der Waals surface area contributed by atoms with Crippen LogP contribution in [0.15, 0.2) is 12.5 Å². The third-order valence-corrected chi connectivity index (χ3v) is 3.47. The molecule has 5 heteroatoms. The lowest BCUT2D eigenvalue weighted by molar-refractivity contribution is 0.00578. The second kappa shape index (κ2) is 4.39. The summed E-state index contributed by atoms with van der Waals surface area (Å²) in [6, 6.07) is -3.14. The van der Waals surface area contributed by atoms with E-state index in [2.05, 4.69) is 4.98 Å². The van der Waals surface area contributed by atoms with Crippen LogP contribution in [0.25, 0.3) is 0 Å². The van der Waals surface area contributed by atoms with Crippen molar-refractivity contribution in [3.05, 3.63) is 12.5 Å². The molecule has 18 heavy (non-hydrogen) atoms. The molecule has 2 heterocycles. The van der Waals surface area contributed by atoms with Crippen molar-refractivity contribution in [2.75, 3.05) is 0 Å². The Balaban J connectivity index is 2.51. The zero-order valence-electron chi connectivity index (χ0n) is 19.9. The summed E-state index contributed by atoms with van der Waals surface area (Å²) in [6.07, 6.45) is -1.38. The number of aromatic nitrogens is 2. The predicted molar refractivity (Wildman–Crippen MR) is 72.9 cm³/mol. The van der Waals surface area contributed by atoms with Gasteiger partial charge in [0.25, 0.3) is 0 Å². The molecule has 0 bridgehead atoms. The molecule has 1 aromatic heterocycles. The van der Waals surface area contributed by atoms with Crippen molar-refractivity contribution in [3.8, 4) is 0 Å². The Morgan fingerprint density at radius 2 is 2.17 bits per heavy atom. The first kappa shape index (κ1) is 6.10. The van der Waals surface area contributed by atoms with Crippen LogP contribution in [0.1, 0.15) is 66.1 Å². The summed E-state index contributed by atoms with van der Waals surface area (Å²) in [5.74, 6) is 0. The fraction of sp³-hybridized carbons (Fsp3) is 0.769. The number of rotatable bonds is 3. The molecule has 4 nitrogen and oxygen atoms in total. The lowest BCUT2D eigenvalue weighted by atomic mass is 9.86. The molecule has 1 aromatic rings. The molecule has 100 valence electrons. The SMILES string of the molecule is [2H]C([2H])([2H])C([2H])([2H])C([2H])(n1cnc(B2OC(C)(C)C(C)(C)O2)c1)C([2H])([2H])[2H]. The molecule has 1 fully saturated rings. The van der Waals surface area contributed by atoms with E-state index in [1.54, 1.807) is 0 Å². The molecular formula is C13H23BN2O2. The van der Waals surface area contributed by atoms with Crippen LogP contribution >= 0.6 is 0 Å². The van der Waals surface area contributed by atoms with E-state index >= 15 is 0 Å². The molecule has 1 unspecified atom stereocenters. The van der Waals surface area contributed by atoms with Gasteiger partial charge in [-0.05, 0) is 40.9 Å². The van der Waals surface area contributed by atoms with Gasteiger partial charge in [0.2, 0.25) is 0 Å². The van der Waals surface area contributed by atoms with Crippen molar-refractivity contribution < 1.29 is 21.6 Å². The van der Waals surface area contributed by atoms with Crippen molar-refractivity contribution in [1.29, 1.82) is 0 Å². The third-order valence-electron chi connectivity index (χ3n) is 3.47. The Morgan fingerprint density at radius 3 is 2.72 bits per heavy atom. The maximum Gasteiger partial charge on any atom is 0.516 e. The van der Waals surface area contributed by atoms with Gasteiger partial charge in [-0.1, -0.05) is 6.85 Å². The Bertz CT molecular complexity index is 697. The van der Waals surface area contributed by atoms with E-state index in [1.165, 1.54) is 0 Å². The highest BCUT2D eigenvalue weighted by atomic mass is 16.7. The van der Waals surface area contributed by atoms with Crippen molar-refractivity contribution in [1.82, 2.24) is 9.55 Å². The van der Waals surface area contributed by atoms with Gasteiger partial charge < -0.3 is 13.9 Å². The molecule has 1 aliphatic rings. The maximum absolute atomic E-state index is 8.36. The van der Waals surface area contributed by atoms with Gasteiger partial charge >= 0.3 is 7.12 Å². The highest BCUT2D eigenvalue weighted by molar-refractivity contribution is 6.61. The minimum atomic E-state index is -3.39. The Morgan fingerprint density at radius 1 is 1.50 bits per heavy atom. The van der Waals surface area contributed by atoms with E-state index in [1.807, 2.05) is 27.7 Å². The first-order valence-corrected chi connectivity index (χ1v) is 5.68. The zero-order chi connectivity index (χ0) is 21.3. The summed E-state index contributed by atoms with van der Waals surface area (Å²) < 4.78 is 81.6. The van der Waals surface area contributed by atoms with Crippen LogP contribution in [0.4, 0.5) is 0 Å². The fourth-order valence-electron chi connectivity index (χ4n) is 1.61. The molecule has 1 saturated heterocycles. The highest BCUT2D eigenvalue weighted by Gasteiger charge is 2.52. The van der Waals surface area contributed by atoms with E-state index in [0.29, 0.717) is 4.57 Å². The summed E-state index contributed by atoms with van der Waals surface area (Å²) >= 11 is 0. The summed E-state index contributed by atoms with van der Waals surface area (Å²) in [5.41, 5.74) is -1.25. The topological polar surface area (TPSA) is 36.3 Å². The Hall–Kier alpha value is -0.805. The zero-order valence-corrected chi connectivity index (χ0v) is 10.9. The fourth-order valence-corrected chi connectivity index (χ4v) is 1.61. The Kier molecular flexibility index (Phi) is 1.49. The van der Waals surface area contributed by atoms with Gasteiger partial charge in [-0.2, -0.15) is 0 Å². The van der Waals surface area contributed by atoms with Crippen LogP contribution < -0.4 is 5.59 Å². The smallest absolute Gasteiger partial charge is 0.398 e. The second-order valence-electron chi connectivity index (χ2n) is 5.27. The van der Waals surface area contributed by atoms with Crippen LogP contribution in [-0.2, 0) is 9.31 Å². The highest BCUT2D eigenvalue weighted by Crippen LogP contribution is 2.36. The van der Waals surface area contributed by atoms with Gasteiger partial charge in [-0.25, -0.2) is 4.98 Å². The normalized spacial score (nSPS) is 34.7. The van der Waals surface area contributed by atoms with Crippen LogP contribution in [0, 0.1) is 0 Å². The van der Waals surface area contributed by atoms with Gasteiger partial charge in [-0.15, -0.1) is 0 Å². The van der Waals surface area contributed by atoms with Gasteiger partial charge in [0, 0.05) is 23.2 Å². The quantitative estimate of drug-likeness (QED) is 0.780. The number of imidazole rings is 1. The molecule has 0 radical (unpaired) electrons. The summed E-state index contributed by atoms with van der Waals surface area (Å²) in [4.78, 5) is 4.00. The lowest BCUT2D eigenvalue weighted by Crippen LogP contribution is -2.41. The van der Waals surface area contributed by atoms with Gasteiger partial charge in [0.15, 0.2) is 0 Å². The standard InChI is InChI=1S/C13H23BN2O2/c1-7-10(2)16-8-11(15-9-16)14-17-12(3,4)13(5,6)18-14/h8-10H,7H2,1-6H3/i1D3,2D3,7D2,10D. The molecule has 1 aliphatic heterocycles. The van der Waals surface area contributed by atoms with E-state index in [9.17, 15) is 0 Å². The molecule has 0 aromatic carbocycles. The molecule has 1 atom stereocenters.